The van der Waals surface area contributed by atoms with Crippen molar-refractivity contribution in [3.8, 4) is 0 Å². The monoisotopic (exact) mass is 498 g/mol. The SMILES string of the molecule is Cc1cccc(Cc2nnc(C(=O)[C@@H](NC(=O)CN3C(=O)N[C@H](CC(=O)N(C)C)C3=O)C(C)C)o2)c1. The van der Waals surface area contributed by atoms with E-state index in [1.807, 2.05) is 31.2 Å². The molecule has 1 aromatic carbocycles. The molecule has 0 unspecified atom stereocenters. The summed E-state index contributed by atoms with van der Waals surface area (Å²) >= 11 is 0. The van der Waals surface area contributed by atoms with Gasteiger partial charge in [0.1, 0.15) is 12.6 Å². The van der Waals surface area contributed by atoms with E-state index >= 15 is 0 Å². The number of amides is 5. The van der Waals surface area contributed by atoms with Gasteiger partial charge in [0.15, 0.2) is 0 Å². The highest BCUT2D eigenvalue weighted by Gasteiger charge is 2.41. The zero-order valence-corrected chi connectivity index (χ0v) is 20.9. The van der Waals surface area contributed by atoms with Crippen molar-refractivity contribution in [2.75, 3.05) is 20.6 Å². The molecule has 3 rings (SSSR count). The van der Waals surface area contributed by atoms with Crippen LogP contribution < -0.4 is 10.6 Å². The summed E-state index contributed by atoms with van der Waals surface area (Å²) in [6.07, 6.45) is 0.134. The van der Waals surface area contributed by atoms with E-state index in [1.165, 1.54) is 19.0 Å². The van der Waals surface area contributed by atoms with Gasteiger partial charge >= 0.3 is 6.03 Å². The van der Waals surface area contributed by atoms with E-state index in [0.717, 1.165) is 16.0 Å². The molecule has 5 amide bonds. The number of aromatic nitrogens is 2. The summed E-state index contributed by atoms with van der Waals surface area (Å²) in [7, 11) is 3.07. The topological polar surface area (TPSA) is 155 Å². The maximum atomic E-state index is 13.0. The molecule has 12 heteroatoms. The number of Topliss-reactive ketones (excluding diaryl/α,β-unsaturated/α-hetero) is 1. The summed E-state index contributed by atoms with van der Waals surface area (Å²) in [4.78, 5) is 64.4. The van der Waals surface area contributed by atoms with E-state index < -0.39 is 42.3 Å². The van der Waals surface area contributed by atoms with Crippen LogP contribution in [0, 0.1) is 12.8 Å². The number of carbonyl (C=O) groups is 5. The van der Waals surface area contributed by atoms with Gasteiger partial charge in [-0.2, -0.15) is 0 Å². The van der Waals surface area contributed by atoms with Crippen LogP contribution in [0.5, 0.6) is 0 Å². The maximum absolute atomic E-state index is 13.0. The highest BCUT2D eigenvalue weighted by atomic mass is 16.4. The molecule has 12 nitrogen and oxygen atoms in total. The van der Waals surface area contributed by atoms with Crippen LogP contribution in [0.4, 0.5) is 4.79 Å². The molecule has 0 bridgehead atoms. The molecule has 1 aliphatic rings. The van der Waals surface area contributed by atoms with Crippen LogP contribution in [0.2, 0.25) is 0 Å². The average Bonchev–Trinajstić information content (AvgIpc) is 3.37. The minimum Gasteiger partial charge on any atom is -0.418 e. The summed E-state index contributed by atoms with van der Waals surface area (Å²) in [5.41, 5.74) is 2.03. The van der Waals surface area contributed by atoms with Crippen molar-refractivity contribution in [2.24, 2.45) is 5.92 Å². The van der Waals surface area contributed by atoms with Crippen LogP contribution in [0.1, 0.15) is 48.0 Å². The molecule has 2 atom stereocenters. The highest BCUT2D eigenvalue weighted by Crippen LogP contribution is 2.15. The predicted molar refractivity (Wildman–Crippen MR) is 127 cm³/mol. The van der Waals surface area contributed by atoms with E-state index in [9.17, 15) is 24.0 Å². The Morgan fingerprint density at radius 1 is 1.19 bits per heavy atom. The van der Waals surface area contributed by atoms with Crippen molar-refractivity contribution in [1.82, 2.24) is 30.6 Å². The fourth-order valence-electron chi connectivity index (χ4n) is 3.67. The number of hydrogen-bond acceptors (Lipinski definition) is 8. The number of carbonyl (C=O) groups excluding carboxylic acids is 5. The quantitative estimate of drug-likeness (QED) is 0.358. The Morgan fingerprint density at radius 2 is 1.92 bits per heavy atom. The minimum atomic E-state index is -1.05. The molecule has 36 heavy (non-hydrogen) atoms. The normalized spacial score (nSPS) is 16.2. The molecule has 1 saturated heterocycles. The molecule has 2 N–H and O–H groups in total. The predicted octanol–water partition coefficient (Wildman–Crippen LogP) is 0.691. The molecule has 1 aromatic heterocycles. The average molecular weight is 499 g/mol. The number of aryl methyl sites for hydroxylation is 1. The van der Waals surface area contributed by atoms with Gasteiger partial charge in [-0.05, 0) is 18.4 Å². The molecule has 2 aromatic rings. The van der Waals surface area contributed by atoms with Gasteiger partial charge in [-0.25, -0.2) is 4.79 Å². The number of benzene rings is 1. The lowest BCUT2D eigenvalue weighted by Gasteiger charge is -2.21. The lowest BCUT2D eigenvalue weighted by Crippen LogP contribution is -2.49. The number of ketones is 1. The molecule has 2 heterocycles. The summed E-state index contributed by atoms with van der Waals surface area (Å²) in [5.74, 6) is -2.65. The van der Waals surface area contributed by atoms with Gasteiger partial charge in [0.05, 0.1) is 18.9 Å². The standard InChI is InChI=1S/C24H30N6O6/c1-13(2)20(21(33)22-28-27-18(36-22)10-15-8-6-7-14(3)9-15)26-17(31)12-30-23(34)16(25-24(30)35)11-19(32)29(4)5/h6-9,13,16,20H,10-12H2,1-5H3,(H,25,35)(H,26,31)/t16-,20+/m1/s1. The maximum Gasteiger partial charge on any atom is 0.325 e. The van der Waals surface area contributed by atoms with Crippen LogP contribution in [0.3, 0.4) is 0 Å². The van der Waals surface area contributed by atoms with Gasteiger partial charge in [0.25, 0.3) is 11.8 Å². The van der Waals surface area contributed by atoms with Crippen molar-refractivity contribution in [3.05, 3.63) is 47.2 Å². The summed E-state index contributed by atoms with van der Waals surface area (Å²) in [5, 5.41) is 12.7. The Kier molecular flexibility index (Phi) is 8.18. The molecule has 0 radical (unpaired) electrons. The molecular weight excluding hydrogens is 468 g/mol. The van der Waals surface area contributed by atoms with E-state index in [1.54, 1.807) is 13.8 Å². The minimum absolute atomic E-state index is 0.217. The molecular formula is C24H30N6O6. The van der Waals surface area contributed by atoms with Gasteiger partial charge in [-0.3, -0.25) is 24.1 Å². The zero-order valence-electron chi connectivity index (χ0n) is 20.9. The van der Waals surface area contributed by atoms with Gasteiger partial charge in [-0.1, -0.05) is 43.7 Å². The number of rotatable bonds is 10. The first-order chi connectivity index (χ1) is 17.0. The first kappa shape index (κ1) is 26.5. The van der Waals surface area contributed by atoms with Crippen molar-refractivity contribution in [1.29, 1.82) is 0 Å². The van der Waals surface area contributed by atoms with Gasteiger partial charge in [0, 0.05) is 14.1 Å². The van der Waals surface area contributed by atoms with Crippen LogP contribution in [-0.2, 0) is 20.8 Å². The highest BCUT2D eigenvalue weighted by molar-refractivity contribution is 6.08. The Labute approximate surface area is 208 Å². The Bertz CT molecular complexity index is 1170. The zero-order chi connectivity index (χ0) is 26.6. The summed E-state index contributed by atoms with van der Waals surface area (Å²) in [6.45, 7) is 4.81. The Morgan fingerprint density at radius 3 is 2.56 bits per heavy atom. The van der Waals surface area contributed by atoms with Crippen molar-refractivity contribution in [3.63, 3.8) is 0 Å². The van der Waals surface area contributed by atoms with E-state index in [-0.39, 0.29) is 30.0 Å². The fourth-order valence-corrected chi connectivity index (χ4v) is 3.67. The van der Waals surface area contributed by atoms with Crippen LogP contribution >= 0.6 is 0 Å². The second-order valence-electron chi connectivity index (χ2n) is 9.24. The Hall–Kier alpha value is -4.09. The molecule has 0 saturated carbocycles. The lowest BCUT2D eigenvalue weighted by molar-refractivity contribution is -0.135. The number of imide groups is 1. The van der Waals surface area contributed by atoms with Crippen LogP contribution in [-0.4, -0.2) is 82.3 Å². The lowest BCUT2D eigenvalue weighted by atomic mass is 9.99. The number of nitrogens with one attached hydrogen (secondary N) is 2. The van der Waals surface area contributed by atoms with E-state index in [4.69, 9.17) is 4.42 Å². The molecule has 192 valence electrons. The third kappa shape index (κ3) is 6.32. The molecule has 0 spiro atoms. The third-order valence-corrected chi connectivity index (χ3v) is 5.67. The fraction of sp³-hybridized carbons (Fsp3) is 0.458. The number of hydrogen-bond donors (Lipinski definition) is 2. The second-order valence-corrected chi connectivity index (χ2v) is 9.24. The third-order valence-electron chi connectivity index (χ3n) is 5.67. The first-order valence-corrected chi connectivity index (χ1v) is 11.5. The van der Waals surface area contributed by atoms with Gasteiger partial charge < -0.3 is 20.0 Å². The Balaban J connectivity index is 1.63. The van der Waals surface area contributed by atoms with Crippen molar-refractivity contribution in [2.45, 2.75) is 45.7 Å². The first-order valence-electron chi connectivity index (χ1n) is 11.5. The number of nitrogens with zero attached hydrogens (tertiary/aromatic N) is 4. The second kappa shape index (κ2) is 11.1. The van der Waals surface area contributed by atoms with Gasteiger partial charge in [-0.15, -0.1) is 10.2 Å². The van der Waals surface area contributed by atoms with Crippen LogP contribution in [0.25, 0.3) is 0 Å². The van der Waals surface area contributed by atoms with Crippen molar-refractivity contribution >= 4 is 29.5 Å². The largest absolute Gasteiger partial charge is 0.418 e. The number of urea groups is 1. The van der Waals surface area contributed by atoms with E-state index in [2.05, 4.69) is 20.8 Å². The summed E-state index contributed by atoms with van der Waals surface area (Å²) < 4.78 is 5.55. The summed E-state index contributed by atoms with van der Waals surface area (Å²) in [6, 6.07) is 4.91. The van der Waals surface area contributed by atoms with Crippen LogP contribution in [0.15, 0.2) is 28.7 Å². The molecule has 1 fully saturated rings. The van der Waals surface area contributed by atoms with Gasteiger partial charge in [0.2, 0.25) is 23.5 Å². The molecule has 0 aliphatic carbocycles. The van der Waals surface area contributed by atoms with Crippen molar-refractivity contribution < 1.29 is 28.4 Å². The molecule has 1 aliphatic heterocycles. The smallest absolute Gasteiger partial charge is 0.325 e. The van der Waals surface area contributed by atoms with E-state index in [0.29, 0.717) is 6.42 Å².